The van der Waals surface area contributed by atoms with Crippen LogP contribution < -0.4 is 10.3 Å². The number of anilines is 1. The van der Waals surface area contributed by atoms with Crippen LogP contribution >= 0.6 is 0 Å². The van der Waals surface area contributed by atoms with Crippen molar-refractivity contribution < 1.29 is 4.79 Å². The van der Waals surface area contributed by atoms with E-state index in [0.29, 0.717) is 5.69 Å². The number of allylic oxidation sites excluding steroid dienone is 2. The number of aromatic nitrogens is 1. The Kier molecular flexibility index (Phi) is 4.01. The van der Waals surface area contributed by atoms with Gasteiger partial charge in [0.15, 0.2) is 0 Å². The number of likely N-dealkylation sites (N-methyl/N-ethyl adjacent to an activating group) is 1. The van der Waals surface area contributed by atoms with Crippen LogP contribution in [0.1, 0.15) is 29.9 Å². The van der Waals surface area contributed by atoms with Crippen LogP contribution in [-0.4, -0.2) is 23.7 Å². The van der Waals surface area contributed by atoms with Gasteiger partial charge >= 0.3 is 0 Å². The predicted octanol–water partition coefficient (Wildman–Crippen LogP) is 3.05. The van der Waals surface area contributed by atoms with Crippen LogP contribution in [0.5, 0.6) is 0 Å². The van der Waals surface area contributed by atoms with E-state index >= 15 is 0 Å². The second kappa shape index (κ2) is 6.00. The van der Waals surface area contributed by atoms with Crippen molar-refractivity contribution in [2.24, 2.45) is 12.1 Å². The van der Waals surface area contributed by atoms with Gasteiger partial charge < -0.3 is 9.47 Å². The second-order valence-corrected chi connectivity index (χ2v) is 6.48. The number of aryl methyl sites for hydroxylation is 1. The minimum absolute atomic E-state index is 0.0977. The summed E-state index contributed by atoms with van der Waals surface area (Å²) in [6, 6.07) is 12.0. The number of para-hydroxylation sites is 1. The molecule has 0 spiro atoms. The summed E-state index contributed by atoms with van der Waals surface area (Å²) in [6.45, 7) is 4.38. The number of hydrazone groups is 1. The number of carbonyl (C=O) groups is 1. The summed E-state index contributed by atoms with van der Waals surface area (Å²) >= 11 is 0. The fourth-order valence-electron chi connectivity index (χ4n) is 3.26. The number of amides is 1. The third kappa shape index (κ3) is 2.62. The molecule has 24 heavy (non-hydrogen) atoms. The number of nitrogens with zero attached hydrogens (tertiary/aromatic N) is 3. The molecule has 124 valence electrons. The first kappa shape index (κ1) is 16.1. The smallest absolute Gasteiger partial charge is 0.287 e. The zero-order valence-electron chi connectivity index (χ0n) is 14.4. The zero-order valence-corrected chi connectivity index (χ0v) is 14.4. The van der Waals surface area contributed by atoms with Crippen LogP contribution in [0.3, 0.4) is 0 Å². The lowest BCUT2D eigenvalue weighted by Crippen LogP contribution is -2.23. The number of rotatable bonds is 3. The molecule has 0 fully saturated rings. The Labute approximate surface area is 142 Å². The van der Waals surface area contributed by atoms with E-state index in [-0.39, 0.29) is 11.3 Å². The van der Waals surface area contributed by atoms with Gasteiger partial charge in [0.05, 0.1) is 0 Å². The average molecular weight is 322 g/mol. The molecular formula is C19H22N4O. The lowest BCUT2D eigenvalue weighted by molar-refractivity contribution is 0.0947. The topological polar surface area (TPSA) is 49.6 Å². The summed E-state index contributed by atoms with van der Waals surface area (Å²) in [4.78, 5) is 14.2. The maximum atomic E-state index is 12.0. The van der Waals surface area contributed by atoms with Crippen molar-refractivity contribution in [2.45, 2.75) is 19.3 Å². The number of hydrogen-bond acceptors (Lipinski definition) is 3. The van der Waals surface area contributed by atoms with Crippen LogP contribution in [-0.2, 0) is 12.5 Å². The number of benzene rings is 1. The molecule has 0 atom stereocenters. The molecule has 1 aromatic carbocycles. The lowest BCUT2D eigenvalue weighted by Gasteiger charge is -2.23. The number of hydrogen-bond donors (Lipinski definition) is 1. The van der Waals surface area contributed by atoms with Crippen molar-refractivity contribution in [1.29, 1.82) is 0 Å². The highest BCUT2D eigenvalue weighted by atomic mass is 16.2. The maximum absolute atomic E-state index is 12.0. The van der Waals surface area contributed by atoms with E-state index in [1.807, 2.05) is 31.5 Å². The number of fused-ring (bicyclic) bond motifs is 1. The van der Waals surface area contributed by atoms with E-state index in [9.17, 15) is 4.79 Å². The van der Waals surface area contributed by atoms with Crippen LogP contribution in [0.2, 0.25) is 0 Å². The minimum Gasteiger partial charge on any atom is -0.347 e. The van der Waals surface area contributed by atoms with Gasteiger partial charge in [0, 0.05) is 43.3 Å². The van der Waals surface area contributed by atoms with Crippen LogP contribution in [0.25, 0.3) is 0 Å². The van der Waals surface area contributed by atoms with Gasteiger partial charge in [-0.15, -0.1) is 0 Å². The molecular weight excluding hydrogens is 300 g/mol. The van der Waals surface area contributed by atoms with Crippen LogP contribution in [0.15, 0.2) is 59.5 Å². The molecule has 5 nitrogen and oxygen atoms in total. The predicted molar refractivity (Wildman–Crippen MR) is 97.3 cm³/mol. The monoisotopic (exact) mass is 322 g/mol. The highest BCUT2D eigenvalue weighted by Gasteiger charge is 2.37. The highest BCUT2D eigenvalue weighted by Crippen LogP contribution is 2.46. The first-order chi connectivity index (χ1) is 11.4. The van der Waals surface area contributed by atoms with Gasteiger partial charge in [-0.25, -0.2) is 5.43 Å². The van der Waals surface area contributed by atoms with Crippen LogP contribution in [0.4, 0.5) is 5.69 Å². The fraction of sp³-hybridized carbons (Fsp3) is 0.263. The van der Waals surface area contributed by atoms with E-state index in [0.717, 1.165) is 5.70 Å². The Morgan fingerprint density at radius 3 is 2.58 bits per heavy atom. The number of carbonyl (C=O) groups excluding carboxylic acids is 1. The molecule has 5 heteroatoms. The van der Waals surface area contributed by atoms with Crippen LogP contribution in [0, 0.1) is 0 Å². The Bertz CT molecular complexity index is 829. The van der Waals surface area contributed by atoms with E-state index in [1.54, 1.807) is 16.8 Å². The minimum atomic E-state index is -0.223. The summed E-state index contributed by atoms with van der Waals surface area (Å²) in [5.74, 6) is -0.223. The molecule has 1 N–H and O–H groups in total. The van der Waals surface area contributed by atoms with Crippen molar-refractivity contribution in [3.05, 3.63) is 65.6 Å². The largest absolute Gasteiger partial charge is 0.347 e. The molecule has 1 aromatic heterocycles. The van der Waals surface area contributed by atoms with Crippen molar-refractivity contribution in [1.82, 2.24) is 9.99 Å². The quantitative estimate of drug-likeness (QED) is 0.697. The lowest BCUT2D eigenvalue weighted by atomic mass is 9.84. The summed E-state index contributed by atoms with van der Waals surface area (Å²) in [5.41, 5.74) is 6.67. The molecule has 2 heterocycles. The Morgan fingerprint density at radius 1 is 1.17 bits per heavy atom. The van der Waals surface area contributed by atoms with Crippen molar-refractivity contribution in [2.75, 3.05) is 11.9 Å². The van der Waals surface area contributed by atoms with Gasteiger partial charge in [0.1, 0.15) is 5.69 Å². The second-order valence-electron chi connectivity index (χ2n) is 6.48. The normalized spacial score (nSPS) is 17.5. The molecule has 3 rings (SSSR count). The van der Waals surface area contributed by atoms with E-state index in [2.05, 4.69) is 54.5 Å². The first-order valence-electron chi connectivity index (χ1n) is 7.91. The van der Waals surface area contributed by atoms with E-state index < -0.39 is 0 Å². The maximum Gasteiger partial charge on any atom is 0.287 e. The fourth-order valence-corrected chi connectivity index (χ4v) is 3.26. The molecule has 0 bridgehead atoms. The van der Waals surface area contributed by atoms with Crippen molar-refractivity contribution in [3.63, 3.8) is 0 Å². The third-order valence-corrected chi connectivity index (χ3v) is 4.59. The summed E-state index contributed by atoms with van der Waals surface area (Å²) in [5, 5.41) is 4.05. The van der Waals surface area contributed by atoms with Gasteiger partial charge in [0.25, 0.3) is 5.91 Å². The Morgan fingerprint density at radius 2 is 1.92 bits per heavy atom. The molecule has 1 aliphatic rings. The van der Waals surface area contributed by atoms with Gasteiger partial charge in [-0.1, -0.05) is 32.0 Å². The van der Waals surface area contributed by atoms with Gasteiger partial charge in [-0.2, -0.15) is 5.10 Å². The van der Waals surface area contributed by atoms with Crippen molar-refractivity contribution >= 4 is 17.8 Å². The highest BCUT2D eigenvalue weighted by molar-refractivity contribution is 5.93. The summed E-state index contributed by atoms with van der Waals surface area (Å²) < 4.78 is 1.76. The Hall–Kier alpha value is -2.82. The molecule has 1 aliphatic heterocycles. The van der Waals surface area contributed by atoms with Gasteiger partial charge in [-0.05, 0) is 29.8 Å². The Balaban J connectivity index is 1.76. The molecule has 0 unspecified atom stereocenters. The zero-order chi connectivity index (χ0) is 17.3. The number of nitrogens with one attached hydrogen (secondary N) is 1. The van der Waals surface area contributed by atoms with Crippen molar-refractivity contribution in [3.8, 4) is 0 Å². The standard InChI is InChI=1S/C19H22N4O/c1-19(2)14-8-5-6-9-15(14)23(4)17(19)11-12-20-21-18(24)16-10-7-13-22(16)3/h5-13H,1-4H3,(H,21,24). The first-order valence-corrected chi connectivity index (χ1v) is 7.91. The SMILES string of the molecule is CN1C(=CC=NNC(=O)c2cccn2C)C(C)(C)c2ccccc21. The molecule has 0 saturated heterocycles. The molecule has 2 aromatic rings. The van der Waals surface area contributed by atoms with E-state index in [1.165, 1.54) is 11.3 Å². The summed E-state index contributed by atoms with van der Waals surface area (Å²) in [7, 11) is 3.88. The van der Waals surface area contributed by atoms with Gasteiger partial charge in [-0.3, -0.25) is 4.79 Å². The molecule has 0 saturated carbocycles. The molecule has 0 aliphatic carbocycles. The summed E-state index contributed by atoms with van der Waals surface area (Å²) in [6.07, 6.45) is 5.42. The molecule has 1 amide bonds. The average Bonchev–Trinajstić information content (AvgIpc) is 3.06. The van der Waals surface area contributed by atoms with Gasteiger partial charge in [0.2, 0.25) is 0 Å². The molecule has 0 radical (unpaired) electrons. The van der Waals surface area contributed by atoms with E-state index in [4.69, 9.17) is 0 Å². The third-order valence-electron chi connectivity index (χ3n) is 4.59.